The molecular formula is C13H18N2O3S. The van der Waals surface area contributed by atoms with Crippen LogP contribution in [0.1, 0.15) is 24.0 Å². The van der Waals surface area contributed by atoms with Crippen LogP contribution in [0.25, 0.3) is 0 Å². The molecule has 0 saturated heterocycles. The molecule has 1 unspecified atom stereocenters. The summed E-state index contributed by atoms with van der Waals surface area (Å²) in [6, 6.07) is 5.61. The van der Waals surface area contributed by atoms with E-state index in [1.54, 1.807) is 6.26 Å². The van der Waals surface area contributed by atoms with Gasteiger partial charge < -0.3 is 16.2 Å². The van der Waals surface area contributed by atoms with Crippen LogP contribution in [-0.2, 0) is 26.7 Å². The highest BCUT2D eigenvalue weighted by Gasteiger charge is 2.46. The molecule has 0 heterocycles. The van der Waals surface area contributed by atoms with Crippen molar-refractivity contribution in [3.8, 4) is 0 Å². The van der Waals surface area contributed by atoms with E-state index in [0.29, 0.717) is 11.4 Å². The van der Waals surface area contributed by atoms with Crippen LogP contribution in [0.2, 0.25) is 0 Å². The number of carbonyl (C=O) groups excluding carboxylic acids is 1. The van der Waals surface area contributed by atoms with Gasteiger partial charge in [0.25, 0.3) is 0 Å². The van der Waals surface area contributed by atoms with E-state index < -0.39 is 16.9 Å². The van der Waals surface area contributed by atoms with Gasteiger partial charge in [0.05, 0.1) is 0 Å². The molecule has 0 aliphatic heterocycles. The van der Waals surface area contributed by atoms with E-state index >= 15 is 0 Å². The van der Waals surface area contributed by atoms with Crippen LogP contribution >= 0.6 is 0 Å². The van der Waals surface area contributed by atoms with E-state index in [0.717, 1.165) is 24.0 Å². The second kappa shape index (κ2) is 5.21. The fourth-order valence-corrected chi connectivity index (χ4v) is 3.00. The molecule has 1 fully saturated rings. The van der Waals surface area contributed by atoms with Crippen molar-refractivity contribution in [2.45, 2.75) is 24.0 Å². The van der Waals surface area contributed by atoms with Crippen LogP contribution < -0.4 is 11.5 Å². The standard InChI is InChI=1S/C13H18N2O3S/c1-19(17)7-9-6-10(14)2-3-11(9)13(4-5-13)8-18-12(15)16/h2-3,6H,4-5,7-8,14H2,1H3,(H2,15,16). The summed E-state index contributed by atoms with van der Waals surface area (Å²) in [5.41, 5.74) is 13.3. The number of carbonyl (C=O) groups is 1. The number of hydrogen-bond acceptors (Lipinski definition) is 4. The molecule has 1 atom stereocenters. The Kier molecular flexibility index (Phi) is 3.80. The van der Waals surface area contributed by atoms with Crippen LogP contribution in [0.4, 0.5) is 10.5 Å². The van der Waals surface area contributed by atoms with Crippen LogP contribution in [0.3, 0.4) is 0 Å². The summed E-state index contributed by atoms with van der Waals surface area (Å²) in [6.45, 7) is 0.273. The lowest BCUT2D eigenvalue weighted by atomic mass is 9.92. The Hall–Kier alpha value is -1.56. The van der Waals surface area contributed by atoms with E-state index in [1.165, 1.54) is 0 Å². The molecular weight excluding hydrogens is 264 g/mol. The highest BCUT2D eigenvalue weighted by Crippen LogP contribution is 2.50. The summed E-state index contributed by atoms with van der Waals surface area (Å²) < 4.78 is 16.4. The predicted octanol–water partition coefficient (Wildman–Crippen LogP) is 1.27. The maximum absolute atomic E-state index is 11.5. The Balaban J connectivity index is 2.28. The molecule has 1 saturated carbocycles. The quantitative estimate of drug-likeness (QED) is 0.795. The monoisotopic (exact) mass is 282 g/mol. The van der Waals surface area contributed by atoms with E-state index in [9.17, 15) is 9.00 Å². The Labute approximate surface area is 114 Å². The second-order valence-corrected chi connectivity index (χ2v) is 6.46. The Morgan fingerprint density at radius 2 is 2.16 bits per heavy atom. The molecule has 1 aliphatic rings. The third kappa shape index (κ3) is 3.26. The third-order valence-corrected chi connectivity index (χ3v) is 4.12. The molecule has 6 heteroatoms. The van der Waals surface area contributed by atoms with Crippen molar-refractivity contribution in [1.82, 2.24) is 0 Å². The van der Waals surface area contributed by atoms with Crippen LogP contribution in [0.5, 0.6) is 0 Å². The third-order valence-electron chi connectivity index (χ3n) is 3.40. The summed E-state index contributed by atoms with van der Waals surface area (Å²) >= 11 is 0. The largest absolute Gasteiger partial charge is 0.449 e. The van der Waals surface area contributed by atoms with Gasteiger partial charge in [-0.15, -0.1) is 0 Å². The van der Waals surface area contributed by atoms with E-state index in [1.807, 2.05) is 18.2 Å². The molecule has 19 heavy (non-hydrogen) atoms. The molecule has 1 aromatic rings. The molecule has 0 spiro atoms. The van der Waals surface area contributed by atoms with Gasteiger partial charge in [-0.25, -0.2) is 4.79 Å². The van der Waals surface area contributed by atoms with E-state index in [4.69, 9.17) is 16.2 Å². The van der Waals surface area contributed by atoms with Gasteiger partial charge in [-0.05, 0) is 36.1 Å². The van der Waals surface area contributed by atoms with Gasteiger partial charge in [0.1, 0.15) is 6.61 Å². The van der Waals surface area contributed by atoms with Gasteiger partial charge in [0.2, 0.25) is 0 Å². The van der Waals surface area contributed by atoms with Crippen molar-refractivity contribution in [2.75, 3.05) is 18.6 Å². The first-order valence-corrected chi connectivity index (χ1v) is 7.77. The topological polar surface area (TPSA) is 95.4 Å². The lowest BCUT2D eigenvalue weighted by Crippen LogP contribution is -2.23. The van der Waals surface area contributed by atoms with E-state index in [2.05, 4.69) is 0 Å². The molecule has 104 valence electrons. The van der Waals surface area contributed by atoms with Crippen LogP contribution in [0.15, 0.2) is 18.2 Å². The fourth-order valence-electron chi connectivity index (χ4n) is 2.32. The molecule has 4 N–H and O–H groups in total. The Bertz CT molecular complexity index is 527. The zero-order chi connectivity index (χ0) is 14.0. The summed E-state index contributed by atoms with van der Waals surface area (Å²) in [7, 11) is -0.943. The van der Waals surface area contributed by atoms with Crippen LogP contribution in [-0.4, -0.2) is 23.2 Å². The van der Waals surface area contributed by atoms with Gasteiger partial charge in [0, 0.05) is 33.9 Å². The minimum atomic E-state index is -0.943. The molecule has 2 rings (SSSR count). The summed E-state index contributed by atoms with van der Waals surface area (Å²) in [4.78, 5) is 10.8. The maximum atomic E-state index is 11.5. The number of benzene rings is 1. The minimum absolute atomic E-state index is 0.169. The zero-order valence-electron chi connectivity index (χ0n) is 10.8. The summed E-state index contributed by atoms with van der Waals surface area (Å²) in [6.07, 6.45) is 2.77. The van der Waals surface area contributed by atoms with Crippen molar-refractivity contribution in [3.63, 3.8) is 0 Å². The minimum Gasteiger partial charge on any atom is -0.449 e. The molecule has 0 aromatic heterocycles. The molecule has 0 radical (unpaired) electrons. The number of amides is 1. The van der Waals surface area contributed by atoms with E-state index in [-0.39, 0.29) is 12.0 Å². The van der Waals surface area contributed by atoms with Gasteiger partial charge >= 0.3 is 6.09 Å². The van der Waals surface area contributed by atoms with Crippen molar-refractivity contribution in [2.24, 2.45) is 5.73 Å². The molecule has 0 bridgehead atoms. The molecule has 1 amide bonds. The highest BCUT2D eigenvalue weighted by molar-refractivity contribution is 7.83. The first kappa shape index (κ1) is 13.9. The number of anilines is 1. The SMILES string of the molecule is CS(=O)Cc1cc(N)ccc1C1(COC(N)=O)CC1. The average Bonchev–Trinajstić information content (AvgIpc) is 3.06. The number of nitrogen functional groups attached to an aromatic ring is 1. The number of primary amides is 1. The average molecular weight is 282 g/mol. The zero-order valence-corrected chi connectivity index (χ0v) is 11.7. The lowest BCUT2D eigenvalue weighted by molar-refractivity contribution is 0.145. The number of ether oxygens (including phenoxy) is 1. The van der Waals surface area contributed by atoms with Crippen molar-refractivity contribution >= 4 is 22.6 Å². The second-order valence-electron chi connectivity index (χ2n) is 5.02. The number of rotatable bonds is 5. The Morgan fingerprint density at radius 1 is 1.47 bits per heavy atom. The molecule has 1 aromatic carbocycles. The van der Waals surface area contributed by atoms with Gasteiger partial charge in [-0.3, -0.25) is 4.21 Å². The van der Waals surface area contributed by atoms with Crippen molar-refractivity contribution in [1.29, 1.82) is 0 Å². The summed E-state index contributed by atoms with van der Waals surface area (Å²) in [5.74, 6) is 0.457. The number of hydrogen-bond donors (Lipinski definition) is 2. The van der Waals surface area contributed by atoms with Gasteiger partial charge in [-0.2, -0.15) is 0 Å². The van der Waals surface area contributed by atoms with Crippen molar-refractivity contribution in [3.05, 3.63) is 29.3 Å². The first-order valence-electron chi connectivity index (χ1n) is 6.04. The maximum Gasteiger partial charge on any atom is 0.404 e. The predicted molar refractivity (Wildman–Crippen MR) is 75.1 cm³/mol. The van der Waals surface area contributed by atoms with Gasteiger partial charge in [0.15, 0.2) is 0 Å². The van der Waals surface area contributed by atoms with Gasteiger partial charge in [-0.1, -0.05) is 6.07 Å². The molecule has 5 nitrogen and oxygen atoms in total. The number of nitrogens with two attached hydrogens (primary N) is 2. The summed E-state index contributed by atoms with van der Waals surface area (Å²) in [5, 5.41) is 0. The lowest BCUT2D eigenvalue weighted by Gasteiger charge is -2.19. The highest BCUT2D eigenvalue weighted by atomic mass is 32.2. The fraction of sp³-hybridized carbons (Fsp3) is 0.462. The molecule has 1 aliphatic carbocycles. The van der Waals surface area contributed by atoms with Crippen molar-refractivity contribution < 1.29 is 13.7 Å². The normalized spacial score (nSPS) is 17.7. The Morgan fingerprint density at radius 3 is 2.68 bits per heavy atom. The smallest absolute Gasteiger partial charge is 0.404 e. The first-order chi connectivity index (χ1) is 8.93. The van der Waals surface area contributed by atoms with Crippen LogP contribution in [0, 0.1) is 0 Å².